The zero-order chi connectivity index (χ0) is 37.8. The molecule has 4 heteroatoms. The highest BCUT2D eigenvalue weighted by Crippen LogP contribution is 2.39. The van der Waals surface area contributed by atoms with Gasteiger partial charge in [0.05, 0.1) is 8.22 Å². The van der Waals surface area contributed by atoms with E-state index in [9.17, 15) is 5.48 Å². The van der Waals surface area contributed by atoms with E-state index in [0.29, 0.717) is 59.9 Å². The lowest BCUT2D eigenvalue weighted by Gasteiger charge is -2.10. The lowest BCUT2D eigenvalue weighted by Crippen LogP contribution is -2.00. The Balaban J connectivity index is 1.19. The SMILES string of the molecule is [2H]c1c(-c2ccccc2)c([2H])c2c(sc3c([2H])c(-c4cccc(-c5nc(-c6ccccc6)nc(-c6ccc(-c7ccccc7)cc6)n5)c4)c([2H])c([2H])c32)c1[2H]. The Bertz CT molecular complexity index is 2920. The maximum Gasteiger partial charge on any atom is 0.164 e. The molecule has 0 aliphatic heterocycles. The Morgan fingerprint density at radius 2 is 0.816 bits per heavy atom. The Morgan fingerprint density at radius 3 is 1.49 bits per heavy atom. The van der Waals surface area contributed by atoms with Gasteiger partial charge >= 0.3 is 0 Å². The highest BCUT2D eigenvalue weighted by molar-refractivity contribution is 7.25. The first-order chi connectivity index (χ1) is 26.8. The minimum absolute atomic E-state index is 0.0186. The van der Waals surface area contributed by atoms with Crippen molar-refractivity contribution >= 4 is 31.5 Å². The van der Waals surface area contributed by atoms with Gasteiger partial charge in [-0.3, -0.25) is 0 Å². The van der Waals surface area contributed by atoms with Crippen LogP contribution < -0.4 is 0 Å². The maximum atomic E-state index is 9.40. The van der Waals surface area contributed by atoms with Gasteiger partial charge in [-0.15, -0.1) is 11.3 Å². The van der Waals surface area contributed by atoms with Gasteiger partial charge in [0.15, 0.2) is 17.5 Å². The average Bonchev–Trinajstić information content (AvgIpc) is 3.65. The summed E-state index contributed by atoms with van der Waals surface area (Å²) >= 11 is 1.13. The smallest absolute Gasteiger partial charge is 0.164 e. The average molecular weight is 650 g/mol. The molecule has 7 aromatic carbocycles. The number of rotatable bonds is 6. The van der Waals surface area contributed by atoms with Gasteiger partial charge in [-0.2, -0.15) is 0 Å². The van der Waals surface area contributed by atoms with Crippen LogP contribution in [0.25, 0.3) is 87.7 Å². The zero-order valence-electron chi connectivity index (χ0n) is 32.0. The van der Waals surface area contributed by atoms with E-state index in [4.69, 9.17) is 17.7 Å². The summed E-state index contributed by atoms with van der Waals surface area (Å²) in [5.41, 5.74) is 6.21. The molecule has 0 radical (unpaired) electrons. The fourth-order valence-corrected chi connectivity index (χ4v) is 6.86. The van der Waals surface area contributed by atoms with E-state index in [1.54, 1.807) is 18.2 Å². The van der Waals surface area contributed by atoms with Gasteiger partial charge < -0.3 is 0 Å². The zero-order valence-corrected chi connectivity index (χ0v) is 26.8. The molecule has 0 aliphatic rings. The van der Waals surface area contributed by atoms with E-state index in [-0.39, 0.29) is 41.8 Å². The van der Waals surface area contributed by atoms with E-state index in [1.807, 2.05) is 109 Å². The first-order valence-electron chi connectivity index (χ1n) is 18.9. The van der Waals surface area contributed by atoms with Crippen LogP contribution in [0, 0.1) is 0 Å². The third-order valence-electron chi connectivity index (χ3n) is 8.40. The van der Waals surface area contributed by atoms with Crippen molar-refractivity contribution in [3.63, 3.8) is 0 Å². The second kappa shape index (κ2) is 12.4. The fraction of sp³-hybridized carbons (Fsp3) is 0. The van der Waals surface area contributed by atoms with Crippen LogP contribution in [-0.2, 0) is 0 Å². The van der Waals surface area contributed by atoms with Crippen LogP contribution in [0.5, 0.6) is 0 Å². The number of fused-ring (bicyclic) bond motifs is 3. The van der Waals surface area contributed by atoms with Gasteiger partial charge in [-0.1, -0.05) is 152 Å². The molecule has 0 saturated heterocycles. The molecule has 0 fully saturated rings. The summed E-state index contributed by atoms with van der Waals surface area (Å²) in [4.78, 5) is 14.7. The fourth-order valence-electron chi connectivity index (χ4n) is 5.89. The highest BCUT2D eigenvalue weighted by atomic mass is 32.1. The Labute approximate surface area is 297 Å². The summed E-state index contributed by atoms with van der Waals surface area (Å²) in [5, 5.41) is 0.619. The van der Waals surface area contributed by atoms with Crippen LogP contribution in [0.4, 0.5) is 0 Å². The first-order valence-corrected chi connectivity index (χ1v) is 16.7. The van der Waals surface area contributed by atoms with Crippen LogP contribution in [0.15, 0.2) is 176 Å². The normalized spacial score (nSPS) is 13.0. The van der Waals surface area contributed by atoms with E-state index >= 15 is 0 Å². The predicted octanol–water partition coefficient (Wildman–Crippen LogP) is 12.2. The summed E-state index contributed by atoms with van der Waals surface area (Å²) < 4.78 is 55.5. The molecule has 0 spiro atoms. The van der Waals surface area contributed by atoms with Crippen LogP contribution >= 0.6 is 11.3 Å². The van der Waals surface area contributed by atoms with E-state index in [1.165, 1.54) is 0 Å². The molecule has 0 aliphatic carbocycles. The molecule has 0 atom stereocenters. The van der Waals surface area contributed by atoms with Crippen LogP contribution in [0.2, 0.25) is 0 Å². The molecular weight excluding hydrogens is 615 g/mol. The molecule has 0 unspecified atom stereocenters. The third-order valence-corrected chi connectivity index (χ3v) is 9.42. The number of hydrogen-bond acceptors (Lipinski definition) is 4. The Hall–Kier alpha value is -6.23. The number of aromatic nitrogens is 3. The van der Waals surface area contributed by atoms with Crippen LogP contribution in [0.1, 0.15) is 8.22 Å². The third kappa shape index (κ3) is 5.69. The summed E-state index contributed by atoms with van der Waals surface area (Å²) in [7, 11) is 0. The molecule has 0 saturated carbocycles. The molecule has 0 N–H and O–H groups in total. The van der Waals surface area contributed by atoms with Crippen LogP contribution in [0.3, 0.4) is 0 Å². The maximum absolute atomic E-state index is 9.40. The summed E-state index contributed by atoms with van der Waals surface area (Å²) in [5.74, 6) is 1.41. The van der Waals surface area contributed by atoms with Crippen molar-refractivity contribution < 1.29 is 8.22 Å². The lowest BCUT2D eigenvalue weighted by atomic mass is 10.00. The van der Waals surface area contributed by atoms with Gasteiger partial charge in [0.2, 0.25) is 0 Å². The number of nitrogens with zero attached hydrogens (tertiary/aromatic N) is 3. The summed E-state index contributed by atoms with van der Waals surface area (Å²) in [6.45, 7) is 0. The molecule has 9 rings (SSSR count). The molecule has 0 amide bonds. The van der Waals surface area contributed by atoms with E-state index in [0.717, 1.165) is 33.6 Å². The largest absolute Gasteiger partial charge is 0.208 e. The monoisotopic (exact) mass is 649 g/mol. The van der Waals surface area contributed by atoms with Crippen LogP contribution in [-0.4, -0.2) is 15.0 Å². The van der Waals surface area contributed by atoms with Gasteiger partial charge in [-0.05, 0) is 57.6 Å². The van der Waals surface area contributed by atoms with Gasteiger partial charge in [-0.25, -0.2) is 15.0 Å². The number of thiophene rings is 1. The molecule has 3 nitrogen and oxygen atoms in total. The van der Waals surface area contributed by atoms with Crippen molar-refractivity contribution in [1.29, 1.82) is 0 Å². The molecule has 2 aromatic heterocycles. The molecule has 9 aromatic rings. The van der Waals surface area contributed by atoms with Gasteiger partial charge in [0, 0.05) is 36.9 Å². The number of hydrogen-bond donors (Lipinski definition) is 0. The minimum atomic E-state index is -0.156. The lowest BCUT2D eigenvalue weighted by molar-refractivity contribution is 1.07. The highest BCUT2D eigenvalue weighted by Gasteiger charge is 2.14. The second-order valence-electron chi connectivity index (χ2n) is 11.6. The van der Waals surface area contributed by atoms with Crippen molar-refractivity contribution in [2.45, 2.75) is 0 Å². The molecule has 0 bridgehead atoms. The van der Waals surface area contributed by atoms with Crippen molar-refractivity contribution in [2.24, 2.45) is 0 Å². The van der Waals surface area contributed by atoms with Gasteiger partial charge in [0.25, 0.3) is 0 Å². The summed E-state index contributed by atoms with van der Waals surface area (Å²) in [6.07, 6.45) is 0. The molecule has 230 valence electrons. The van der Waals surface area contributed by atoms with Gasteiger partial charge in [0.1, 0.15) is 0 Å². The molecular formula is C45H29N3S. The molecule has 2 heterocycles. The Morgan fingerprint density at radius 1 is 0.347 bits per heavy atom. The predicted molar refractivity (Wildman–Crippen MR) is 205 cm³/mol. The Kier molecular flexibility index (Phi) is 5.87. The number of benzene rings is 7. The summed E-state index contributed by atoms with van der Waals surface area (Å²) in [6, 6.07) is 44.0. The van der Waals surface area contributed by atoms with Crippen molar-refractivity contribution in [3.8, 4) is 67.5 Å². The van der Waals surface area contributed by atoms with E-state index < -0.39 is 0 Å². The quantitative estimate of drug-likeness (QED) is 0.180. The van der Waals surface area contributed by atoms with E-state index in [2.05, 4.69) is 12.1 Å². The molecule has 49 heavy (non-hydrogen) atoms. The van der Waals surface area contributed by atoms with Crippen molar-refractivity contribution in [3.05, 3.63) is 176 Å². The topological polar surface area (TPSA) is 38.7 Å². The van der Waals surface area contributed by atoms with Crippen molar-refractivity contribution in [1.82, 2.24) is 15.0 Å². The first kappa shape index (κ1) is 23.2. The van der Waals surface area contributed by atoms with Crippen molar-refractivity contribution in [2.75, 3.05) is 0 Å². The minimum Gasteiger partial charge on any atom is -0.208 e. The second-order valence-corrected chi connectivity index (χ2v) is 12.6. The standard InChI is InChI=1S/C45H29N3S/c1-4-11-30(12-5-1)32-19-21-34(22-20-32)44-46-43(33-15-8-3-9-16-33)47-45(48-44)38-18-10-17-35(27-38)37-23-25-39-40-28-36(31-13-6-2-7-14-31)24-26-41(40)49-42(39)29-37/h1-29H/i23D,24D,25D,26D,28D,29D.